The molecule has 1 heterocycles. The van der Waals surface area contributed by atoms with Crippen molar-refractivity contribution >= 4 is 17.6 Å². The van der Waals surface area contributed by atoms with Crippen molar-refractivity contribution in [3.05, 3.63) is 16.3 Å². The van der Waals surface area contributed by atoms with Crippen LogP contribution >= 0.6 is 0 Å². The van der Waals surface area contributed by atoms with Crippen LogP contribution in [-0.4, -0.2) is 32.8 Å². The van der Waals surface area contributed by atoms with Gasteiger partial charge in [0.2, 0.25) is 0 Å². The van der Waals surface area contributed by atoms with Gasteiger partial charge in [0.15, 0.2) is 5.69 Å². The molecule has 0 aliphatic heterocycles. The first-order valence-electron chi connectivity index (χ1n) is 5.58. The van der Waals surface area contributed by atoms with Gasteiger partial charge in [0.25, 0.3) is 6.43 Å². The molecule has 20 heavy (non-hydrogen) atoms. The van der Waals surface area contributed by atoms with E-state index in [4.69, 9.17) is 4.74 Å². The summed E-state index contributed by atoms with van der Waals surface area (Å²) in [6, 6.07) is 0. The van der Waals surface area contributed by atoms with Gasteiger partial charge in [-0.25, -0.2) is 13.6 Å². The molecule has 0 radical (unpaired) electrons. The lowest BCUT2D eigenvalue weighted by Gasteiger charge is -2.19. The SMILES string of the molecule is CC(C)(C)OC(=O)Nc1cn(CC(F)F)nc1[N+](=O)[O-]. The summed E-state index contributed by atoms with van der Waals surface area (Å²) in [7, 11) is 0. The van der Waals surface area contributed by atoms with Gasteiger partial charge in [-0.1, -0.05) is 0 Å². The molecule has 0 saturated heterocycles. The monoisotopic (exact) mass is 292 g/mol. The third-order valence-electron chi connectivity index (χ3n) is 1.88. The molecule has 112 valence electrons. The molecule has 0 aromatic carbocycles. The number of ether oxygens (including phenoxy) is 1. The number of aromatic nitrogens is 2. The summed E-state index contributed by atoms with van der Waals surface area (Å²) in [5, 5.41) is 16.2. The highest BCUT2D eigenvalue weighted by molar-refractivity contribution is 5.87. The first-order chi connectivity index (χ1) is 9.08. The van der Waals surface area contributed by atoms with Crippen molar-refractivity contribution in [3.63, 3.8) is 0 Å². The van der Waals surface area contributed by atoms with Gasteiger partial charge in [-0.05, 0) is 25.7 Å². The molecule has 1 aromatic rings. The Morgan fingerprint density at radius 2 is 2.20 bits per heavy atom. The molecule has 0 bridgehead atoms. The van der Waals surface area contributed by atoms with Crippen molar-refractivity contribution in [2.75, 3.05) is 5.32 Å². The van der Waals surface area contributed by atoms with Gasteiger partial charge in [0, 0.05) is 0 Å². The van der Waals surface area contributed by atoms with Gasteiger partial charge < -0.3 is 14.9 Å². The molecule has 1 aromatic heterocycles. The number of nitro groups is 1. The molecule has 1 N–H and O–H groups in total. The lowest BCUT2D eigenvalue weighted by Crippen LogP contribution is -2.27. The van der Waals surface area contributed by atoms with Crippen LogP contribution in [-0.2, 0) is 11.3 Å². The Labute approximate surface area is 112 Å². The van der Waals surface area contributed by atoms with E-state index in [1.54, 1.807) is 20.8 Å². The van der Waals surface area contributed by atoms with E-state index in [0.29, 0.717) is 4.68 Å². The number of amides is 1. The number of rotatable bonds is 4. The third kappa shape index (κ3) is 4.78. The Hall–Kier alpha value is -2.26. The normalized spacial score (nSPS) is 11.5. The zero-order chi connectivity index (χ0) is 15.5. The molecule has 0 fully saturated rings. The van der Waals surface area contributed by atoms with Crippen LogP contribution in [0.4, 0.5) is 25.1 Å². The largest absolute Gasteiger partial charge is 0.444 e. The quantitative estimate of drug-likeness (QED) is 0.678. The first-order valence-corrected chi connectivity index (χ1v) is 5.58. The molecule has 0 aliphatic rings. The average Bonchev–Trinajstić information content (AvgIpc) is 2.56. The Kier molecular flexibility index (Phi) is 4.58. The van der Waals surface area contributed by atoms with Crippen LogP contribution in [0, 0.1) is 10.1 Å². The maximum atomic E-state index is 12.2. The van der Waals surface area contributed by atoms with Crippen LogP contribution < -0.4 is 5.32 Å². The van der Waals surface area contributed by atoms with E-state index in [1.807, 2.05) is 0 Å². The highest BCUT2D eigenvalue weighted by atomic mass is 19.3. The molecule has 0 spiro atoms. The Bertz CT molecular complexity index is 510. The van der Waals surface area contributed by atoms with Gasteiger partial charge in [-0.2, -0.15) is 4.68 Å². The predicted octanol–water partition coefficient (Wildman–Crippen LogP) is 2.40. The van der Waals surface area contributed by atoms with Gasteiger partial charge in [0.05, 0.1) is 11.3 Å². The highest BCUT2D eigenvalue weighted by Crippen LogP contribution is 2.23. The molecule has 0 aliphatic carbocycles. The van der Waals surface area contributed by atoms with Gasteiger partial charge in [-0.3, -0.25) is 5.32 Å². The zero-order valence-corrected chi connectivity index (χ0v) is 11.1. The van der Waals surface area contributed by atoms with Crippen molar-refractivity contribution in [3.8, 4) is 0 Å². The third-order valence-corrected chi connectivity index (χ3v) is 1.88. The number of carbonyl (C=O) groups excluding carboxylic acids is 1. The summed E-state index contributed by atoms with van der Waals surface area (Å²) >= 11 is 0. The second-order valence-electron chi connectivity index (χ2n) is 4.86. The second-order valence-corrected chi connectivity index (χ2v) is 4.86. The van der Waals surface area contributed by atoms with Gasteiger partial charge in [0.1, 0.15) is 12.1 Å². The van der Waals surface area contributed by atoms with Crippen LogP contribution in [0.25, 0.3) is 0 Å². The molecule has 0 atom stereocenters. The van der Waals surface area contributed by atoms with Crippen molar-refractivity contribution < 1.29 is 23.2 Å². The first kappa shape index (κ1) is 15.8. The average molecular weight is 292 g/mol. The minimum absolute atomic E-state index is 0.301. The minimum atomic E-state index is -2.72. The highest BCUT2D eigenvalue weighted by Gasteiger charge is 2.25. The Morgan fingerprint density at radius 3 is 2.65 bits per heavy atom. The lowest BCUT2D eigenvalue weighted by molar-refractivity contribution is -0.388. The summed E-state index contributed by atoms with van der Waals surface area (Å²) in [5.74, 6) is -0.725. The topological polar surface area (TPSA) is 99.3 Å². The van der Waals surface area contributed by atoms with E-state index in [9.17, 15) is 23.7 Å². The summed E-state index contributed by atoms with van der Waals surface area (Å²) < 4.78 is 30.0. The number of nitrogens with one attached hydrogen (secondary N) is 1. The van der Waals surface area contributed by atoms with Gasteiger partial charge >= 0.3 is 11.9 Å². The van der Waals surface area contributed by atoms with Crippen molar-refractivity contribution in [1.82, 2.24) is 9.78 Å². The van der Waals surface area contributed by atoms with E-state index in [2.05, 4.69) is 10.4 Å². The summed E-state index contributed by atoms with van der Waals surface area (Å²) in [5.41, 5.74) is -1.09. The molecule has 0 saturated carbocycles. The maximum absolute atomic E-state index is 12.2. The smallest absolute Gasteiger partial charge is 0.413 e. The molecule has 8 nitrogen and oxygen atoms in total. The summed E-state index contributed by atoms with van der Waals surface area (Å²) in [6.45, 7) is 4.03. The Morgan fingerprint density at radius 1 is 1.60 bits per heavy atom. The van der Waals surface area contributed by atoms with Crippen molar-refractivity contribution in [2.24, 2.45) is 0 Å². The van der Waals surface area contributed by atoms with E-state index in [-0.39, 0.29) is 5.69 Å². The number of hydrogen-bond donors (Lipinski definition) is 1. The van der Waals surface area contributed by atoms with Gasteiger partial charge in [-0.15, -0.1) is 0 Å². The summed E-state index contributed by atoms with van der Waals surface area (Å²) in [4.78, 5) is 21.4. The minimum Gasteiger partial charge on any atom is -0.444 e. The molecule has 1 amide bonds. The van der Waals surface area contributed by atoms with Crippen LogP contribution in [0.5, 0.6) is 0 Å². The van der Waals surface area contributed by atoms with Crippen LogP contribution in [0.15, 0.2) is 6.20 Å². The molecule has 1 rings (SSSR count). The fourth-order valence-electron chi connectivity index (χ4n) is 1.28. The second kappa shape index (κ2) is 5.80. The van der Waals surface area contributed by atoms with Crippen LogP contribution in [0.3, 0.4) is 0 Å². The number of anilines is 1. The van der Waals surface area contributed by atoms with Crippen LogP contribution in [0.1, 0.15) is 20.8 Å². The Balaban J connectivity index is 2.90. The number of alkyl halides is 2. The van der Waals surface area contributed by atoms with E-state index in [0.717, 1.165) is 6.20 Å². The lowest BCUT2D eigenvalue weighted by atomic mass is 10.2. The molecule has 0 unspecified atom stereocenters. The van der Waals surface area contributed by atoms with E-state index >= 15 is 0 Å². The predicted molar refractivity (Wildman–Crippen MR) is 64.7 cm³/mol. The van der Waals surface area contributed by atoms with E-state index in [1.165, 1.54) is 0 Å². The van der Waals surface area contributed by atoms with E-state index < -0.39 is 35.4 Å². The zero-order valence-electron chi connectivity index (χ0n) is 11.1. The number of halogens is 2. The number of nitrogens with zero attached hydrogens (tertiary/aromatic N) is 3. The summed E-state index contributed by atoms with van der Waals surface area (Å²) in [6.07, 6.45) is -2.70. The number of carbonyl (C=O) groups is 1. The molecule has 10 heteroatoms. The maximum Gasteiger partial charge on any atom is 0.413 e. The molecular weight excluding hydrogens is 278 g/mol. The van der Waals surface area contributed by atoms with Crippen molar-refractivity contribution in [1.29, 1.82) is 0 Å². The number of hydrogen-bond acceptors (Lipinski definition) is 5. The standard InChI is InChI=1S/C10H14F2N4O4/c1-10(2,3)20-9(17)13-6-4-15(5-7(11)12)14-8(6)16(18)19/h4,7H,5H2,1-3H3,(H,13,17). The fraction of sp³-hybridized carbons (Fsp3) is 0.600. The van der Waals surface area contributed by atoms with Crippen molar-refractivity contribution in [2.45, 2.75) is 39.3 Å². The molecular formula is C10H14F2N4O4. The van der Waals surface area contributed by atoms with Crippen LogP contribution in [0.2, 0.25) is 0 Å². The fourth-order valence-corrected chi connectivity index (χ4v) is 1.28.